The van der Waals surface area contributed by atoms with Crippen LogP contribution in [0.15, 0.2) is 72.9 Å². The summed E-state index contributed by atoms with van der Waals surface area (Å²) in [6.45, 7) is 2.60. The molecule has 0 aliphatic carbocycles. The number of aliphatic hydroxyl groups excluding tert-OH is 8. The zero-order chi connectivity index (χ0) is 48.2. The summed E-state index contributed by atoms with van der Waals surface area (Å²) < 4.78 is 22.6. The molecule has 380 valence electrons. The van der Waals surface area contributed by atoms with Crippen LogP contribution in [0.25, 0.3) is 0 Å². The average Bonchev–Trinajstić information content (AvgIpc) is 3.31. The lowest BCUT2D eigenvalue weighted by Crippen LogP contribution is -2.65. The summed E-state index contributed by atoms with van der Waals surface area (Å²) in [5, 5.41) is 86.3. The Morgan fingerprint density at radius 3 is 1.61 bits per heavy atom. The van der Waals surface area contributed by atoms with Gasteiger partial charge in [-0.25, -0.2) is 0 Å². The van der Waals surface area contributed by atoms with Gasteiger partial charge in [0.2, 0.25) is 5.91 Å². The third-order valence-electron chi connectivity index (χ3n) is 11.9. The molecule has 0 radical (unpaired) electrons. The predicted octanol–water partition coefficient (Wildman–Crippen LogP) is 6.43. The number of allylic oxidation sites excluding steroid dienone is 12. The second-order valence-corrected chi connectivity index (χ2v) is 17.6. The summed E-state index contributed by atoms with van der Waals surface area (Å²) in [6, 6.07) is -0.833. The van der Waals surface area contributed by atoms with Crippen LogP contribution in [0.3, 0.4) is 0 Å². The summed E-state index contributed by atoms with van der Waals surface area (Å²) in [6.07, 6.45) is 31.1. The first-order valence-electron chi connectivity index (χ1n) is 25.2. The highest BCUT2D eigenvalue weighted by Gasteiger charge is 2.51. The number of aliphatic hydroxyl groups is 8. The maximum Gasteiger partial charge on any atom is 0.220 e. The first-order chi connectivity index (χ1) is 32.1. The summed E-state index contributed by atoms with van der Waals surface area (Å²) >= 11 is 0. The van der Waals surface area contributed by atoms with E-state index in [2.05, 4.69) is 92.1 Å². The lowest BCUT2D eigenvalue weighted by molar-refractivity contribution is -0.359. The van der Waals surface area contributed by atoms with E-state index < -0.39 is 86.8 Å². The molecule has 66 heavy (non-hydrogen) atoms. The van der Waals surface area contributed by atoms with Crippen molar-refractivity contribution >= 4 is 5.91 Å². The van der Waals surface area contributed by atoms with E-state index in [1.54, 1.807) is 0 Å². The van der Waals surface area contributed by atoms with Crippen molar-refractivity contribution in [3.8, 4) is 0 Å². The zero-order valence-electron chi connectivity index (χ0n) is 40.2. The highest BCUT2D eigenvalue weighted by Crippen LogP contribution is 2.30. The first-order valence-corrected chi connectivity index (χ1v) is 25.2. The van der Waals surface area contributed by atoms with Gasteiger partial charge in [-0.05, 0) is 64.2 Å². The van der Waals surface area contributed by atoms with Crippen LogP contribution < -0.4 is 5.32 Å². The van der Waals surface area contributed by atoms with Gasteiger partial charge in [0.15, 0.2) is 12.6 Å². The summed E-state index contributed by atoms with van der Waals surface area (Å²) in [7, 11) is 0. The van der Waals surface area contributed by atoms with Crippen molar-refractivity contribution in [2.24, 2.45) is 0 Å². The summed E-state index contributed by atoms with van der Waals surface area (Å²) in [4.78, 5) is 13.1. The molecule has 14 heteroatoms. The fraction of sp³-hybridized carbons (Fsp3) is 0.750. The Balaban J connectivity index is 1.67. The number of nitrogens with one attached hydrogen (secondary N) is 1. The van der Waals surface area contributed by atoms with Crippen LogP contribution in [0.2, 0.25) is 0 Å². The number of ether oxygens (including phenoxy) is 4. The monoisotopic (exact) mass is 936 g/mol. The minimum absolute atomic E-state index is 0.227. The molecule has 12 unspecified atom stereocenters. The lowest BCUT2D eigenvalue weighted by Gasteiger charge is -2.46. The van der Waals surface area contributed by atoms with Crippen LogP contribution in [-0.4, -0.2) is 140 Å². The maximum atomic E-state index is 13.1. The van der Waals surface area contributed by atoms with Crippen molar-refractivity contribution < 1.29 is 64.6 Å². The number of hydrogen-bond donors (Lipinski definition) is 9. The van der Waals surface area contributed by atoms with Gasteiger partial charge in [-0.3, -0.25) is 4.79 Å². The Kier molecular flexibility index (Phi) is 34.6. The fourth-order valence-corrected chi connectivity index (χ4v) is 7.83. The Bertz CT molecular complexity index is 1380. The Morgan fingerprint density at radius 1 is 0.561 bits per heavy atom. The van der Waals surface area contributed by atoms with E-state index in [4.69, 9.17) is 18.9 Å². The van der Waals surface area contributed by atoms with E-state index in [0.717, 1.165) is 96.3 Å². The Hall–Kier alpha value is -2.57. The quantitative estimate of drug-likeness (QED) is 0.0242. The molecule has 9 N–H and O–H groups in total. The maximum absolute atomic E-state index is 13.1. The zero-order valence-corrected chi connectivity index (χ0v) is 40.2. The molecule has 2 saturated heterocycles. The minimum Gasteiger partial charge on any atom is -0.394 e. The highest BCUT2D eigenvalue weighted by atomic mass is 16.7. The molecule has 0 aromatic carbocycles. The van der Waals surface area contributed by atoms with E-state index in [1.165, 1.54) is 25.7 Å². The Labute approximate surface area is 396 Å². The predicted molar refractivity (Wildman–Crippen MR) is 258 cm³/mol. The molecule has 0 saturated carbocycles. The molecule has 0 aromatic rings. The van der Waals surface area contributed by atoms with Crippen molar-refractivity contribution in [1.82, 2.24) is 5.32 Å². The second-order valence-electron chi connectivity index (χ2n) is 17.6. The minimum atomic E-state index is -1.78. The fourth-order valence-electron chi connectivity index (χ4n) is 7.83. The van der Waals surface area contributed by atoms with Gasteiger partial charge in [0.05, 0.1) is 32.0 Å². The molecule has 0 spiro atoms. The van der Waals surface area contributed by atoms with Gasteiger partial charge < -0.3 is 65.1 Å². The topological polar surface area (TPSA) is 228 Å². The molecule has 1 amide bonds. The largest absolute Gasteiger partial charge is 0.394 e. The number of unbranched alkanes of at least 4 members (excludes halogenated alkanes) is 12. The number of amides is 1. The van der Waals surface area contributed by atoms with Crippen molar-refractivity contribution in [3.63, 3.8) is 0 Å². The molecule has 0 aromatic heterocycles. The van der Waals surface area contributed by atoms with E-state index in [-0.39, 0.29) is 18.9 Å². The standard InChI is InChI=1S/C52H89NO13/c1-3-5-7-9-10-11-12-13-14-15-16-17-18-19-20-21-22-23-24-25-26-27-28-29-30-32-34-36-44(57)53-40(41(56)35-33-31-8-6-4-2)39-63-51-49(62)47(60)50(43(38-55)65-51)66-52-48(61)46(59)45(58)42(37-54)64-52/h5,7,10-11,13-14,16-17,19-20,22-23,40-43,45-52,54-56,58-62H,3-4,6,8-9,12,15,18,21,24-39H2,1-2H3,(H,53,57)/b7-5-,11-10-,14-13-,17-16-,20-19-,23-22-. The van der Waals surface area contributed by atoms with Crippen molar-refractivity contribution in [1.29, 1.82) is 0 Å². The lowest BCUT2D eigenvalue weighted by atomic mass is 9.97. The molecular weight excluding hydrogens is 847 g/mol. The normalized spacial score (nSPS) is 27.4. The second kappa shape index (κ2) is 38.3. The first kappa shape index (κ1) is 59.6. The third-order valence-corrected chi connectivity index (χ3v) is 11.9. The molecular formula is C52H89NO13. The van der Waals surface area contributed by atoms with Crippen LogP contribution in [0.1, 0.15) is 155 Å². The average molecular weight is 936 g/mol. The van der Waals surface area contributed by atoms with Crippen LogP contribution in [0.5, 0.6) is 0 Å². The number of carbonyl (C=O) groups is 1. The van der Waals surface area contributed by atoms with E-state index >= 15 is 0 Å². The van der Waals surface area contributed by atoms with Crippen LogP contribution in [0, 0.1) is 0 Å². The van der Waals surface area contributed by atoms with Gasteiger partial charge in [-0.15, -0.1) is 0 Å². The molecule has 2 aliphatic rings. The molecule has 12 atom stereocenters. The number of carbonyl (C=O) groups excluding carboxylic acids is 1. The van der Waals surface area contributed by atoms with Crippen LogP contribution >= 0.6 is 0 Å². The van der Waals surface area contributed by atoms with Gasteiger partial charge in [0.1, 0.15) is 48.8 Å². The van der Waals surface area contributed by atoms with E-state index in [1.807, 2.05) is 0 Å². The molecule has 2 heterocycles. The number of hydrogen-bond acceptors (Lipinski definition) is 13. The van der Waals surface area contributed by atoms with Gasteiger partial charge in [0.25, 0.3) is 0 Å². The van der Waals surface area contributed by atoms with Gasteiger partial charge in [-0.1, -0.05) is 157 Å². The van der Waals surface area contributed by atoms with Crippen molar-refractivity contribution in [2.75, 3.05) is 19.8 Å². The summed E-state index contributed by atoms with van der Waals surface area (Å²) in [5.74, 6) is -0.227. The Morgan fingerprint density at radius 2 is 1.05 bits per heavy atom. The van der Waals surface area contributed by atoms with Crippen molar-refractivity contribution in [3.05, 3.63) is 72.9 Å². The third kappa shape index (κ3) is 25.2. The molecule has 0 bridgehead atoms. The van der Waals surface area contributed by atoms with Crippen LogP contribution in [0.4, 0.5) is 0 Å². The molecule has 2 aliphatic heterocycles. The number of rotatable bonds is 37. The molecule has 2 fully saturated rings. The van der Waals surface area contributed by atoms with Crippen LogP contribution in [-0.2, 0) is 23.7 Å². The van der Waals surface area contributed by atoms with Gasteiger partial charge in [0, 0.05) is 6.42 Å². The SMILES string of the molecule is CC/C=C\C/C=C\C/C=C\C/C=C\C/C=C\C/C=C\CCCCCCCCCCC(=O)NC(COC1OC(CO)C(OC2OC(CO)C(O)C(O)C2O)C(O)C1O)C(O)CCCCCCC. The van der Waals surface area contributed by atoms with E-state index in [9.17, 15) is 45.6 Å². The van der Waals surface area contributed by atoms with Gasteiger partial charge >= 0.3 is 0 Å². The van der Waals surface area contributed by atoms with E-state index in [0.29, 0.717) is 12.8 Å². The highest BCUT2D eigenvalue weighted by molar-refractivity contribution is 5.76. The molecule has 14 nitrogen and oxygen atoms in total. The molecule has 2 rings (SSSR count). The van der Waals surface area contributed by atoms with Gasteiger partial charge in [-0.2, -0.15) is 0 Å². The summed E-state index contributed by atoms with van der Waals surface area (Å²) in [5.41, 5.74) is 0. The van der Waals surface area contributed by atoms with Crippen molar-refractivity contribution in [2.45, 2.75) is 229 Å². The smallest absolute Gasteiger partial charge is 0.220 e.